The average Bonchev–Trinajstić information content (AvgIpc) is 2.76. The fraction of sp³-hybridized carbons (Fsp3) is 0.0870. The SMILES string of the molecule is C#Cc1cccc(-c2cc(=O)n(C)c3ccc(C(F)c4ccc(Cl)cc4)nc23)n1. The van der Waals surface area contributed by atoms with Crippen LogP contribution in [0.4, 0.5) is 4.39 Å². The van der Waals surface area contributed by atoms with Crippen molar-refractivity contribution < 1.29 is 4.39 Å². The molecule has 0 spiro atoms. The molecule has 4 nitrogen and oxygen atoms in total. The summed E-state index contributed by atoms with van der Waals surface area (Å²) in [6.07, 6.45) is 4.01. The summed E-state index contributed by atoms with van der Waals surface area (Å²) in [5.74, 6) is 2.48. The van der Waals surface area contributed by atoms with Crippen LogP contribution in [-0.4, -0.2) is 14.5 Å². The minimum absolute atomic E-state index is 0.218. The Balaban J connectivity index is 1.93. The molecule has 1 unspecified atom stereocenters. The number of aromatic nitrogens is 3. The topological polar surface area (TPSA) is 47.8 Å². The van der Waals surface area contributed by atoms with Gasteiger partial charge in [0.25, 0.3) is 5.56 Å². The van der Waals surface area contributed by atoms with Crippen LogP contribution >= 0.6 is 11.6 Å². The Morgan fingerprint density at radius 1 is 1.10 bits per heavy atom. The molecule has 0 amide bonds. The number of rotatable bonds is 3. The van der Waals surface area contributed by atoms with Crippen LogP contribution in [0.25, 0.3) is 22.3 Å². The number of hydrogen-bond acceptors (Lipinski definition) is 3. The van der Waals surface area contributed by atoms with Gasteiger partial charge >= 0.3 is 0 Å². The maximum absolute atomic E-state index is 15.1. The number of hydrogen-bond donors (Lipinski definition) is 0. The highest BCUT2D eigenvalue weighted by molar-refractivity contribution is 6.30. The third-order valence-corrected chi connectivity index (χ3v) is 4.96. The number of nitrogens with zero attached hydrogens (tertiary/aromatic N) is 3. The number of terminal acetylenes is 1. The van der Waals surface area contributed by atoms with Crippen molar-refractivity contribution in [3.63, 3.8) is 0 Å². The fourth-order valence-corrected chi connectivity index (χ4v) is 3.27. The Labute approximate surface area is 171 Å². The number of benzene rings is 1. The third-order valence-electron chi connectivity index (χ3n) is 4.71. The lowest BCUT2D eigenvalue weighted by atomic mass is 10.1. The van der Waals surface area contributed by atoms with Crippen LogP contribution in [0.15, 0.2) is 65.5 Å². The van der Waals surface area contributed by atoms with Gasteiger partial charge in [-0.2, -0.15) is 0 Å². The zero-order chi connectivity index (χ0) is 20.5. The normalized spacial score (nSPS) is 11.9. The predicted octanol–water partition coefficient (Wildman–Crippen LogP) is 4.69. The molecule has 29 heavy (non-hydrogen) atoms. The summed E-state index contributed by atoms with van der Waals surface area (Å²) in [6, 6.07) is 16.4. The van der Waals surface area contributed by atoms with E-state index in [1.807, 2.05) is 0 Å². The van der Waals surface area contributed by atoms with Gasteiger partial charge in [-0.25, -0.2) is 14.4 Å². The second-order valence-corrected chi connectivity index (χ2v) is 6.96. The smallest absolute Gasteiger partial charge is 0.251 e. The lowest BCUT2D eigenvalue weighted by Crippen LogP contribution is -2.17. The van der Waals surface area contributed by atoms with Crippen molar-refractivity contribution in [3.8, 4) is 23.6 Å². The van der Waals surface area contributed by atoms with E-state index in [1.165, 1.54) is 10.6 Å². The molecule has 6 heteroatoms. The second kappa shape index (κ2) is 7.50. The lowest BCUT2D eigenvalue weighted by molar-refractivity contribution is 0.394. The van der Waals surface area contributed by atoms with E-state index in [-0.39, 0.29) is 11.3 Å². The Morgan fingerprint density at radius 2 is 1.86 bits per heavy atom. The van der Waals surface area contributed by atoms with Crippen molar-refractivity contribution in [1.82, 2.24) is 14.5 Å². The van der Waals surface area contributed by atoms with Crippen LogP contribution in [-0.2, 0) is 7.05 Å². The minimum Gasteiger partial charge on any atom is -0.310 e. The van der Waals surface area contributed by atoms with Gasteiger partial charge in [-0.3, -0.25) is 4.79 Å². The summed E-state index contributed by atoms with van der Waals surface area (Å²) in [4.78, 5) is 21.4. The molecule has 0 saturated carbocycles. The first kappa shape index (κ1) is 18.9. The van der Waals surface area contributed by atoms with E-state index in [9.17, 15) is 4.79 Å². The highest BCUT2D eigenvalue weighted by Crippen LogP contribution is 2.30. The van der Waals surface area contributed by atoms with Gasteiger partial charge in [-0.1, -0.05) is 35.7 Å². The maximum atomic E-state index is 15.1. The molecule has 3 aromatic heterocycles. The Bertz CT molecular complexity index is 1320. The van der Waals surface area contributed by atoms with Crippen LogP contribution < -0.4 is 5.56 Å². The summed E-state index contributed by atoms with van der Waals surface area (Å²) in [7, 11) is 1.65. The van der Waals surface area contributed by atoms with E-state index < -0.39 is 6.17 Å². The minimum atomic E-state index is -1.44. The number of aryl methyl sites for hydroxylation is 1. The van der Waals surface area contributed by atoms with E-state index in [0.29, 0.717) is 38.6 Å². The lowest BCUT2D eigenvalue weighted by Gasteiger charge is -2.13. The summed E-state index contributed by atoms with van der Waals surface area (Å²) in [6.45, 7) is 0. The molecule has 0 bridgehead atoms. The van der Waals surface area contributed by atoms with Gasteiger partial charge in [-0.05, 0) is 42.0 Å². The maximum Gasteiger partial charge on any atom is 0.251 e. The van der Waals surface area contributed by atoms with Gasteiger partial charge in [0.1, 0.15) is 5.69 Å². The van der Waals surface area contributed by atoms with Crippen LogP contribution in [0.2, 0.25) is 5.02 Å². The zero-order valence-electron chi connectivity index (χ0n) is 15.4. The van der Waals surface area contributed by atoms with Crippen LogP contribution in [0, 0.1) is 12.3 Å². The van der Waals surface area contributed by atoms with Crippen molar-refractivity contribution in [2.24, 2.45) is 7.05 Å². The van der Waals surface area contributed by atoms with Crippen molar-refractivity contribution in [2.45, 2.75) is 6.17 Å². The molecule has 0 aliphatic heterocycles. The Morgan fingerprint density at radius 3 is 2.59 bits per heavy atom. The summed E-state index contributed by atoms with van der Waals surface area (Å²) < 4.78 is 16.6. The molecule has 0 radical (unpaired) electrons. The van der Waals surface area contributed by atoms with Crippen molar-refractivity contribution in [3.05, 3.63) is 93.0 Å². The molecule has 142 valence electrons. The zero-order valence-corrected chi connectivity index (χ0v) is 16.2. The number of fused-ring (bicyclic) bond motifs is 1. The number of pyridine rings is 3. The van der Waals surface area contributed by atoms with Crippen LogP contribution in [0.3, 0.4) is 0 Å². The highest BCUT2D eigenvalue weighted by atomic mass is 35.5. The first-order chi connectivity index (χ1) is 14.0. The van der Waals surface area contributed by atoms with Gasteiger partial charge < -0.3 is 4.57 Å². The molecule has 3 heterocycles. The van der Waals surface area contributed by atoms with Crippen molar-refractivity contribution >= 4 is 22.6 Å². The van der Waals surface area contributed by atoms with E-state index in [2.05, 4.69) is 15.9 Å². The molecule has 4 rings (SSSR count). The van der Waals surface area contributed by atoms with Gasteiger partial charge in [0, 0.05) is 23.7 Å². The van der Waals surface area contributed by atoms with E-state index >= 15 is 4.39 Å². The second-order valence-electron chi connectivity index (χ2n) is 6.53. The summed E-state index contributed by atoms with van der Waals surface area (Å²) in [5, 5.41) is 0.532. The number of alkyl halides is 1. The van der Waals surface area contributed by atoms with Gasteiger partial charge in [0.2, 0.25) is 0 Å². The molecular formula is C23H15ClFN3O. The van der Waals surface area contributed by atoms with Gasteiger partial charge in [-0.15, -0.1) is 6.42 Å². The molecule has 0 aliphatic rings. The predicted molar refractivity (Wildman–Crippen MR) is 113 cm³/mol. The molecule has 0 aliphatic carbocycles. The molecule has 0 fully saturated rings. The van der Waals surface area contributed by atoms with Crippen LogP contribution in [0.5, 0.6) is 0 Å². The first-order valence-corrected chi connectivity index (χ1v) is 9.20. The monoisotopic (exact) mass is 403 g/mol. The highest BCUT2D eigenvalue weighted by Gasteiger charge is 2.18. The number of halogens is 2. The third kappa shape index (κ3) is 3.51. The quantitative estimate of drug-likeness (QED) is 0.466. The van der Waals surface area contributed by atoms with Gasteiger partial charge in [0.05, 0.1) is 22.4 Å². The molecular weight excluding hydrogens is 389 g/mol. The Hall–Kier alpha value is -3.49. The first-order valence-electron chi connectivity index (χ1n) is 8.82. The van der Waals surface area contributed by atoms with Crippen LogP contribution in [0.1, 0.15) is 23.1 Å². The van der Waals surface area contributed by atoms with Gasteiger partial charge in [0.15, 0.2) is 6.17 Å². The molecule has 0 saturated heterocycles. The van der Waals surface area contributed by atoms with Crippen molar-refractivity contribution in [1.29, 1.82) is 0 Å². The molecule has 0 N–H and O–H groups in total. The van der Waals surface area contributed by atoms with E-state index in [4.69, 9.17) is 18.0 Å². The summed E-state index contributed by atoms with van der Waals surface area (Å²) in [5.41, 5.74) is 2.96. The van der Waals surface area contributed by atoms with Crippen molar-refractivity contribution in [2.75, 3.05) is 0 Å². The molecule has 1 atom stereocenters. The standard InChI is InChI=1S/C23H15ClFN3O/c1-3-16-5-4-6-18(26-16)17-13-21(29)28(2)20-12-11-19(27-23(17)20)22(25)14-7-9-15(24)10-8-14/h1,4-13,22H,2H3. The van der Waals surface area contributed by atoms with E-state index in [1.54, 1.807) is 61.6 Å². The van der Waals surface area contributed by atoms with E-state index in [0.717, 1.165) is 0 Å². The average molecular weight is 404 g/mol. The molecule has 4 aromatic rings. The largest absolute Gasteiger partial charge is 0.310 e. The molecule has 1 aromatic carbocycles. The summed E-state index contributed by atoms with van der Waals surface area (Å²) >= 11 is 5.89. The fourth-order valence-electron chi connectivity index (χ4n) is 3.15. The Kier molecular flexibility index (Phi) is 4.87.